The Morgan fingerprint density at radius 3 is 2.18 bits per heavy atom. The van der Waals surface area contributed by atoms with Gasteiger partial charge in [0, 0.05) is 11.7 Å². The van der Waals surface area contributed by atoms with E-state index in [9.17, 15) is 4.79 Å². The molecule has 0 spiro atoms. The van der Waals surface area contributed by atoms with Crippen molar-refractivity contribution in [1.29, 1.82) is 0 Å². The van der Waals surface area contributed by atoms with Gasteiger partial charge in [0.1, 0.15) is 0 Å². The second-order valence-electron chi connectivity index (χ2n) is 5.85. The predicted molar refractivity (Wildman–Crippen MR) is 71.6 cm³/mol. The first kappa shape index (κ1) is 12.2. The Morgan fingerprint density at radius 2 is 1.65 bits per heavy atom. The van der Waals surface area contributed by atoms with Gasteiger partial charge in [0.15, 0.2) is 0 Å². The molecule has 1 amide bonds. The number of rotatable bonds is 1. The molecule has 2 rings (SSSR count). The van der Waals surface area contributed by atoms with Gasteiger partial charge >= 0.3 is 0 Å². The number of anilines is 1. The van der Waals surface area contributed by atoms with Crippen LogP contribution in [0.2, 0.25) is 0 Å². The summed E-state index contributed by atoms with van der Waals surface area (Å²) < 4.78 is 0. The molecule has 2 nitrogen and oxygen atoms in total. The number of amides is 1. The van der Waals surface area contributed by atoms with Crippen LogP contribution in [-0.2, 0) is 10.2 Å². The number of hydrogen-bond donors (Lipinski definition) is 0. The predicted octanol–water partition coefficient (Wildman–Crippen LogP) is 3.34. The summed E-state index contributed by atoms with van der Waals surface area (Å²) in [6.45, 7) is 12.4. The maximum absolute atomic E-state index is 12.5. The highest BCUT2D eigenvalue weighted by molar-refractivity contribution is 6.08. The molecule has 1 aliphatic rings. The van der Waals surface area contributed by atoms with Gasteiger partial charge in [-0.05, 0) is 64.3 Å². The Hall–Kier alpha value is -1.31. The number of fused-ring (bicyclic) bond motifs is 1. The average molecular weight is 231 g/mol. The smallest absolute Gasteiger partial charge is 0.237 e. The largest absolute Gasteiger partial charge is 0.309 e. The molecule has 0 saturated carbocycles. The molecule has 0 fully saturated rings. The van der Waals surface area contributed by atoms with Crippen LogP contribution in [0.3, 0.4) is 0 Å². The van der Waals surface area contributed by atoms with Crippen molar-refractivity contribution in [2.75, 3.05) is 4.90 Å². The van der Waals surface area contributed by atoms with Crippen LogP contribution in [0, 0.1) is 13.8 Å². The first-order valence-electron chi connectivity index (χ1n) is 6.22. The summed E-state index contributed by atoms with van der Waals surface area (Å²) in [5.74, 6) is 0.215. The third-order valence-corrected chi connectivity index (χ3v) is 3.81. The van der Waals surface area contributed by atoms with Crippen LogP contribution in [0.1, 0.15) is 44.4 Å². The van der Waals surface area contributed by atoms with E-state index >= 15 is 0 Å². The fraction of sp³-hybridized carbons (Fsp3) is 0.533. The van der Waals surface area contributed by atoms with Gasteiger partial charge in [-0.3, -0.25) is 4.79 Å². The van der Waals surface area contributed by atoms with Crippen LogP contribution in [0.15, 0.2) is 12.1 Å². The number of carbonyl (C=O) groups excluding carboxylic acids is 1. The molecule has 0 aromatic heterocycles. The molecule has 0 unspecified atom stereocenters. The summed E-state index contributed by atoms with van der Waals surface area (Å²) in [5.41, 5.74) is 4.38. The van der Waals surface area contributed by atoms with Crippen molar-refractivity contribution in [3.63, 3.8) is 0 Å². The molecule has 0 bridgehead atoms. The summed E-state index contributed by atoms with van der Waals surface area (Å²) in [5, 5.41) is 0. The molecule has 0 radical (unpaired) electrons. The highest BCUT2D eigenvalue weighted by Gasteiger charge is 2.44. The number of nitrogens with zero attached hydrogens (tertiary/aromatic N) is 1. The van der Waals surface area contributed by atoms with Gasteiger partial charge in [-0.15, -0.1) is 0 Å². The zero-order valence-electron chi connectivity index (χ0n) is 11.6. The molecule has 1 heterocycles. The molecule has 1 aliphatic heterocycles. The molecule has 0 N–H and O–H groups in total. The summed E-state index contributed by atoms with van der Waals surface area (Å²) in [7, 11) is 0. The van der Waals surface area contributed by atoms with Gasteiger partial charge in [-0.2, -0.15) is 0 Å². The summed E-state index contributed by atoms with van der Waals surface area (Å²) in [6.07, 6.45) is 0. The summed E-state index contributed by atoms with van der Waals surface area (Å²) in [4.78, 5) is 14.4. The van der Waals surface area contributed by atoms with Crippen LogP contribution < -0.4 is 4.90 Å². The lowest BCUT2D eigenvalue weighted by Crippen LogP contribution is -2.40. The van der Waals surface area contributed by atoms with E-state index in [2.05, 4.69) is 39.8 Å². The fourth-order valence-corrected chi connectivity index (χ4v) is 2.54. The Kier molecular flexibility index (Phi) is 2.57. The third kappa shape index (κ3) is 1.58. The Bertz CT molecular complexity index is 486. The van der Waals surface area contributed by atoms with Crippen LogP contribution in [-0.4, -0.2) is 11.9 Å². The quantitative estimate of drug-likeness (QED) is 0.726. The standard InChI is InChI=1S/C15H21NO/c1-9(2)16-13-8-11(4)10(3)7-12(13)15(5,6)14(16)17/h7-9H,1-6H3. The molecule has 17 heavy (non-hydrogen) atoms. The van der Waals surface area contributed by atoms with Gasteiger partial charge in [0.2, 0.25) is 5.91 Å². The van der Waals surface area contributed by atoms with Gasteiger partial charge in [0.25, 0.3) is 0 Å². The van der Waals surface area contributed by atoms with Crippen LogP contribution in [0.5, 0.6) is 0 Å². The van der Waals surface area contributed by atoms with E-state index in [1.807, 2.05) is 18.7 Å². The first-order valence-corrected chi connectivity index (χ1v) is 6.22. The Balaban J connectivity index is 2.70. The minimum absolute atomic E-state index is 0.213. The topological polar surface area (TPSA) is 20.3 Å². The van der Waals surface area contributed by atoms with E-state index < -0.39 is 5.41 Å². The fourth-order valence-electron chi connectivity index (χ4n) is 2.54. The zero-order chi connectivity index (χ0) is 13.0. The number of hydrogen-bond acceptors (Lipinski definition) is 1. The van der Waals surface area contributed by atoms with E-state index in [1.165, 1.54) is 16.7 Å². The molecule has 92 valence electrons. The van der Waals surface area contributed by atoms with E-state index in [1.54, 1.807) is 0 Å². The van der Waals surface area contributed by atoms with Crippen molar-refractivity contribution in [2.24, 2.45) is 0 Å². The van der Waals surface area contributed by atoms with Crippen molar-refractivity contribution in [3.8, 4) is 0 Å². The van der Waals surface area contributed by atoms with E-state index in [0.29, 0.717) is 0 Å². The Labute approximate surface area is 104 Å². The molecule has 0 saturated heterocycles. The highest BCUT2D eigenvalue weighted by Crippen LogP contribution is 2.43. The first-order chi connectivity index (χ1) is 7.76. The molecule has 1 aromatic carbocycles. The Morgan fingerprint density at radius 1 is 1.12 bits per heavy atom. The monoisotopic (exact) mass is 231 g/mol. The zero-order valence-corrected chi connectivity index (χ0v) is 11.6. The molecule has 0 aliphatic carbocycles. The highest BCUT2D eigenvalue weighted by atomic mass is 16.2. The normalized spacial score (nSPS) is 17.8. The van der Waals surface area contributed by atoms with Gasteiger partial charge in [-0.1, -0.05) is 6.07 Å². The van der Waals surface area contributed by atoms with Crippen molar-refractivity contribution in [3.05, 3.63) is 28.8 Å². The van der Waals surface area contributed by atoms with Crippen LogP contribution >= 0.6 is 0 Å². The number of aryl methyl sites for hydroxylation is 2. The average Bonchev–Trinajstić information content (AvgIpc) is 2.38. The second-order valence-corrected chi connectivity index (χ2v) is 5.85. The van der Waals surface area contributed by atoms with E-state index in [0.717, 1.165) is 5.69 Å². The molecular formula is C15H21NO. The van der Waals surface area contributed by atoms with Gasteiger partial charge < -0.3 is 4.90 Å². The van der Waals surface area contributed by atoms with Crippen molar-refractivity contribution in [2.45, 2.75) is 53.0 Å². The molecular weight excluding hydrogens is 210 g/mol. The van der Waals surface area contributed by atoms with Crippen LogP contribution in [0.25, 0.3) is 0 Å². The minimum atomic E-state index is -0.391. The summed E-state index contributed by atoms with van der Waals surface area (Å²) in [6, 6.07) is 4.53. The van der Waals surface area contributed by atoms with Gasteiger partial charge in [0.05, 0.1) is 5.41 Å². The number of carbonyl (C=O) groups is 1. The number of benzene rings is 1. The minimum Gasteiger partial charge on any atom is -0.309 e. The molecule has 1 aromatic rings. The SMILES string of the molecule is Cc1cc2c(cc1C)C(C)(C)C(=O)N2C(C)C. The van der Waals surface area contributed by atoms with Crippen molar-refractivity contribution < 1.29 is 4.79 Å². The van der Waals surface area contributed by atoms with Crippen LogP contribution in [0.4, 0.5) is 5.69 Å². The van der Waals surface area contributed by atoms with E-state index in [-0.39, 0.29) is 11.9 Å². The maximum atomic E-state index is 12.5. The maximum Gasteiger partial charge on any atom is 0.237 e. The van der Waals surface area contributed by atoms with Crippen molar-refractivity contribution >= 4 is 11.6 Å². The lowest BCUT2D eigenvalue weighted by atomic mass is 9.85. The second kappa shape index (κ2) is 3.59. The lowest BCUT2D eigenvalue weighted by Gasteiger charge is -2.24. The molecule has 2 heteroatoms. The molecule has 0 atom stereocenters. The van der Waals surface area contributed by atoms with Crippen molar-refractivity contribution in [1.82, 2.24) is 0 Å². The summed E-state index contributed by atoms with van der Waals surface area (Å²) >= 11 is 0. The van der Waals surface area contributed by atoms with E-state index in [4.69, 9.17) is 0 Å². The van der Waals surface area contributed by atoms with Gasteiger partial charge in [-0.25, -0.2) is 0 Å². The lowest BCUT2D eigenvalue weighted by molar-refractivity contribution is -0.122. The third-order valence-electron chi connectivity index (χ3n) is 3.81.